The van der Waals surface area contributed by atoms with Crippen LogP contribution in [0.5, 0.6) is 11.5 Å². The summed E-state index contributed by atoms with van der Waals surface area (Å²) in [5.74, 6) is -1.26. The SMILES string of the molecule is CCOc1cc(/C=C2\C(=O)NC(=O)N(c3ccc(Br)cc3)C2=O)ccc1OCC(=O)Nc1cccc(C)c1. The van der Waals surface area contributed by atoms with E-state index >= 15 is 0 Å². The van der Waals surface area contributed by atoms with Gasteiger partial charge in [0.2, 0.25) is 0 Å². The number of carbonyl (C=O) groups is 4. The zero-order chi connectivity index (χ0) is 27.2. The Hall–Kier alpha value is -4.44. The van der Waals surface area contributed by atoms with E-state index in [2.05, 4.69) is 26.6 Å². The van der Waals surface area contributed by atoms with Crippen LogP contribution >= 0.6 is 15.9 Å². The van der Waals surface area contributed by atoms with Gasteiger partial charge in [-0.25, -0.2) is 9.69 Å². The van der Waals surface area contributed by atoms with Gasteiger partial charge < -0.3 is 14.8 Å². The normalized spacial score (nSPS) is 14.3. The van der Waals surface area contributed by atoms with Crippen LogP contribution in [0.1, 0.15) is 18.1 Å². The van der Waals surface area contributed by atoms with Crippen LogP contribution in [0.15, 0.2) is 76.8 Å². The fourth-order valence-corrected chi connectivity index (χ4v) is 3.98. The number of halogens is 1. The number of benzene rings is 3. The highest BCUT2D eigenvalue weighted by molar-refractivity contribution is 9.10. The van der Waals surface area contributed by atoms with E-state index in [1.54, 1.807) is 55.5 Å². The maximum absolute atomic E-state index is 13.1. The summed E-state index contributed by atoms with van der Waals surface area (Å²) in [6.45, 7) is 3.79. The molecule has 0 aromatic heterocycles. The monoisotopic (exact) mass is 577 g/mol. The standard InChI is InChI=1S/C28H24BrN3O6/c1-3-37-24-15-18(7-12-23(24)38-16-25(33)30-20-6-4-5-17(2)13-20)14-22-26(34)31-28(36)32(27(22)35)21-10-8-19(29)9-11-21/h4-15H,3,16H2,1-2H3,(H,30,33)(H,31,34,36)/b22-14+. The van der Waals surface area contributed by atoms with Gasteiger partial charge >= 0.3 is 6.03 Å². The van der Waals surface area contributed by atoms with Crippen LogP contribution in [-0.4, -0.2) is 37.0 Å². The summed E-state index contributed by atoms with van der Waals surface area (Å²) in [6.07, 6.45) is 1.37. The van der Waals surface area contributed by atoms with Crippen molar-refractivity contribution in [2.45, 2.75) is 13.8 Å². The van der Waals surface area contributed by atoms with Crippen LogP contribution in [0.4, 0.5) is 16.2 Å². The van der Waals surface area contributed by atoms with Gasteiger partial charge in [0.25, 0.3) is 17.7 Å². The summed E-state index contributed by atoms with van der Waals surface area (Å²) in [5, 5.41) is 4.97. The fraction of sp³-hybridized carbons (Fsp3) is 0.143. The molecule has 1 aliphatic rings. The Labute approximate surface area is 227 Å². The number of amides is 5. The molecule has 0 radical (unpaired) electrons. The fourth-order valence-electron chi connectivity index (χ4n) is 3.71. The molecule has 2 N–H and O–H groups in total. The number of anilines is 2. The summed E-state index contributed by atoms with van der Waals surface area (Å²) >= 11 is 3.31. The summed E-state index contributed by atoms with van der Waals surface area (Å²) in [6, 6.07) is 17.9. The molecule has 1 saturated heterocycles. The molecule has 0 unspecified atom stereocenters. The van der Waals surface area contributed by atoms with Crippen molar-refractivity contribution in [3.63, 3.8) is 0 Å². The van der Waals surface area contributed by atoms with Crippen molar-refractivity contribution in [1.82, 2.24) is 5.32 Å². The topological polar surface area (TPSA) is 114 Å². The zero-order valence-electron chi connectivity index (χ0n) is 20.6. The number of imide groups is 2. The minimum absolute atomic E-state index is 0.221. The van der Waals surface area contributed by atoms with Gasteiger partial charge in [0.1, 0.15) is 5.57 Å². The Bertz CT molecular complexity index is 1430. The maximum Gasteiger partial charge on any atom is 0.335 e. The van der Waals surface area contributed by atoms with Crippen LogP contribution in [-0.2, 0) is 14.4 Å². The smallest absolute Gasteiger partial charge is 0.335 e. The third-order valence-electron chi connectivity index (χ3n) is 5.43. The van der Waals surface area contributed by atoms with Crippen LogP contribution in [0, 0.1) is 6.92 Å². The lowest BCUT2D eigenvalue weighted by molar-refractivity contribution is -0.122. The molecule has 1 aliphatic heterocycles. The summed E-state index contributed by atoms with van der Waals surface area (Å²) in [5.41, 5.74) is 2.24. The highest BCUT2D eigenvalue weighted by Gasteiger charge is 2.36. The van der Waals surface area contributed by atoms with E-state index in [4.69, 9.17) is 9.47 Å². The van der Waals surface area contributed by atoms with Gasteiger partial charge in [0, 0.05) is 10.2 Å². The zero-order valence-corrected chi connectivity index (χ0v) is 22.2. The van der Waals surface area contributed by atoms with Gasteiger partial charge in [-0.2, -0.15) is 0 Å². The number of hydrogen-bond acceptors (Lipinski definition) is 6. The highest BCUT2D eigenvalue weighted by Crippen LogP contribution is 2.30. The minimum Gasteiger partial charge on any atom is -0.490 e. The molecular weight excluding hydrogens is 554 g/mol. The van der Waals surface area contributed by atoms with E-state index < -0.39 is 17.8 Å². The van der Waals surface area contributed by atoms with Crippen LogP contribution in [0.3, 0.4) is 0 Å². The number of hydrogen-bond donors (Lipinski definition) is 2. The summed E-state index contributed by atoms with van der Waals surface area (Å²) in [4.78, 5) is 51.3. The molecule has 4 rings (SSSR count). The quantitative estimate of drug-likeness (QED) is 0.292. The molecule has 9 nitrogen and oxygen atoms in total. The van der Waals surface area contributed by atoms with Gasteiger partial charge in [-0.1, -0.05) is 34.1 Å². The molecule has 1 heterocycles. The molecule has 0 bridgehead atoms. The number of barbiturate groups is 1. The Morgan fingerprint density at radius 3 is 2.47 bits per heavy atom. The van der Waals surface area contributed by atoms with E-state index in [-0.39, 0.29) is 18.1 Å². The Kier molecular flexibility index (Phi) is 8.22. The summed E-state index contributed by atoms with van der Waals surface area (Å²) in [7, 11) is 0. The number of nitrogens with one attached hydrogen (secondary N) is 2. The molecule has 38 heavy (non-hydrogen) atoms. The lowest BCUT2D eigenvalue weighted by Gasteiger charge is -2.26. The number of ether oxygens (including phenoxy) is 2. The molecular formula is C28H24BrN3O6. The molecule has 0 aliphatic carbocycles. The molecule has 194 valence electrons. The average molecular weight is 578 g/mol. The molecule has 0 atom stereocenters. The van der Waals surface area contributed by atoms with Crippen molar-refractivity contribution in [3.05, 3.63) is 87.9 Å². The number of carbonyl (C=O) groups excluding carboxylic acids is 4. The largest absolute Gasteiger partial charge is 0.490 e. The third kappa shape index (κ3) is 6.27. The molecule has 0 spiro atoms. The summed E-state index contributed by atoms with van der Waals surface area (Å²) < 4.78 is 12.1. The molecule has 5 amide bonds. The molecule has 10 heteroatoms. The molecule has 3 aromatic rings. The van der Waals surface area contributed by atoms with Gasteiger partial charge in [-0.3, -0.25) is 19.7 Å². The molecule has 0 saturated carbocycles. The van der Waals surface area contributed by atoms with Gasteiger partial charge in [0.05, 0.1) is 12.3 Å². The minimum atomic E-state index is -0.831. The van der Waals surface area contributed by atoms with Crippen LogP contribution in [0.2, 0.25) is 0 Å². The number of rotatable bonds is 8. The second kappa shape index (κ2) is 11.7. The van der Waals surface area contributed by atoms with Crippen molar-refractivity contribution >= 4 is 57.1 Å². The van der Waals surface area contributed by atoms with E-state index in [1.165, 1.54) is 6.08 Å². The predicted octanol–water partition coefficient (Wildman–Crippen LogP) is 4.84. The lowest BCUT2D eigenvalue weighted by Crippen LogP contribution is -2.54. The van der Waals surface area contributed by atoms with Crippen molar-refractivity contribution < 1.29 is 28.7 Å². The van der Waals surface area contributed by atoms with E-state index in [0.717, 1.165) is 14.9 Å². The first-order valence-electron chi connectivity index (χ1n) is 11.7. The van der Waals surface area contributed by atoms with Crippen molar-refractivity contribution in [2.75, 3.05) is 23.4 Å². The first kappa shape index (κ1) is 26.6. The van der Waals surface area contributed by atoms with Gasteiger partial charge in [-0.15, -0.1) is 0 Å². The van der Waals surface area contributed by atoms with Crippen molar-refractivity contribution in [2.24, 2.45) is 0 Å². The second-order valence-corrected chi connectivity index (χ2v) is 9.20. The van der Waals surface area contributed by atoms with E-state index in [1.807, 2.05) is 25.1 Å². The number of aryl methyl sites for hydroxylation is 1. The highest BCUT2D eigenvalue weighted by atomic mass is 79.9. The Morgan fingerprint density at radius 1 is 1.00 bits per heavy atom. The van der Waals surface area contributed by atoms with Gasteiger partial charge in [-0.05, 0) is 79.6 Å². The van der Waals surface area contributed by atoms with E-state index in [9.17, 15) is 19.2 Å². The molecule has 1 fully saturated rings. The maximum atomic E-state index is 13.1. The Morgan fingerprint density at radius 2 is 1.76 bits per heavy atom. The van der Waals surface area contributed by atoms with Crippen molar-refractivity contribution in [1.29, 1.82) is 0 Å². The first-order chi connectivity index (χ1) is 18.2. The van der Waals surface area contributed by atoms with E-state index in [0.29, 0.717) is 35.0 Å². The second-order valence-electron chi connectivity index (χ2n) is 8.28. The Balaban J connectivity index is 1.53. The van der Waals surface area contributed by atoms with Crippen LogP contribution < -0.4 is 25.0 Å². The molecule has 3 aromatic carbocycles. The predicted molar refractivity (Wildman–Crippen MR) is 146 cm³/mol. The third-order valence-corrected chi connectivity index (χ3v) is 5.95. The average Bonchev–Trinajstić information content (AvgIpc) is 2.87. The lowest BCUT2D eigenvalue weighted by atomic mass is 10.1. The van der Waals surface area contributed by atoms with Gasteiger partial charge in [0.15, 0.2) is 18.1 Å². The number of nitrogens with zero attached hydrogens (tertiary/aromatic N) is 1. The van der Waals surface area contributed by atoms with Crippen LogP contribution in [0.25, 0.3) is 6.08 Å². The number of urea groups is 1. The van der Waals surface area contributed by atoms with Crippen molar-refractivity contribution in [3.8, 4) is 11.5 Å². The first-order valence-corrected chi connectivity index (χ1v) is 12.5.